The maximum Gasteiger partial charge on any atom is 0.414 e. The van der Waals surface area contributed by atoms with Crippen LogP contribution in [-0.2, 0) is 9.53 Å². The van der Waals surface area contributed by atoms with Gasteiger partial charge in [0.25, 0.3) is 5.88 Å². The second-order valence-electron chi connectivity index (χ2n) is 5.24. The third-order valence-corrected chi connectivity index (χ3v) is 3.28. The number of pyridine rings is 1. The summed E-state index contributed by atoms with van der Waals surface area (Å²) < 4.78 is 15.0. The molecule has 0 saturated carbocycles. The van der Waals surface area contributed by atoms with E-state index in [9.17, 15) is 9.59 Å². The number of nitrogens with zero attached hydrogens (tertiary/aromatic N) is 1. The summed E-state index contributed by atoms with van der Waals surface area (Å²) in [5.74, 6) is -0.121. The predicted octanol–water partition coefficient (Wildman–Crippen LogP) is 3.08. The number of rotatable bonds is 11. The van der Waals surface area contributed by atoms with E-state index in [0.717, 1.165) is 19.3 Å². The Morgan fingerprint density at radius 2 is 1.92 bits per heavy atom. The van der Waals surface area contributed by atoms with Crippen molar-refractivity contribution in [3.63, 3.8) is 0 Å². The molecular formula is C17H26N2O5. The molecule has 0 spiro atoms. The van der Waals surface area contributed by atoms with Gasteiger partial charge >= 0.3 is 12.1 Å². The zero-order valence-corrected chi connectivity index (χ0v) is 14.4. The van der Waals surface area contributed by atoms with E-state index in [2.05, 4.69) is 17.2 Å². The molecule has 0 unspecified atom stereocenters. The van der Waals surface area contributed by atoms with Crippen molar-refractivity contribution in [1.29, 1.82) is 0 Å². The van der Waals surface area contributed by atoms with Crippen molar-refractivity contribution in [3.8, 4) is 11.6 Å². The highest BCUT2D eigenvalue weighted by Crippen LogP contribution is 2.22. The standard InChI is InChI=1S/C17H26N2O5/c1-3-4-5-6-7-8-12-23-15(20)13-19-17(21)24-16-14(22-2)10-9-11-18-16/h9-11H,3-8,12-13H2,1-2H3,(H,19,21). The molecule has 0 atom stereocenters. The molecule has 7 heteroatoms. The summed E-state index contributed by atoms with van der Waals surface area (Å²) in [6.07, 6.45) is 7.39. The molecule has 0 fully saturated rings. The van der Waals surface area contributed by atoms with Gasteiger partial charge in [0.2, 0.25) is 0 Å². The second kappa shape index (κ2) is 12.2. The summed E-state index contributed by atoms with van der Waals surface area (Å²) in [7, 11) is 1.45. The van der Waals surface area contributed by atoms with Gasteiger partial charge in [0.05, 0.1) is 13.7 Å². The van der Waals surface area contributed by atoms with Crippen LogP contribution in [0.4, 0.5) is 4.79 Å². The van der Waals surface area contributed by atoms with Gasteiger partial charge < -0.3 is 19.5 Å². The number of ether oxygens (including phenoxy) is 3. The van der Waals surface area contributed by atoms with E-state index >= 15 is 0 Å². The van der Waals surface area contributed by atoms with Gasteiger partial charge in [0.1, 0.15) is 6.54 Å². The third kappa shape index (κ3) is 8.36. The molecule has 7 nitrogen and oxygen atoms in total. The monoisotopic (exact) mass is 338 g/mol. The lowest BCUT2D eigenvalue weighted by Crippen LogP contribution is -2.33. The minimum Gasteiger partial charge on any atom is -0.491 e. The van der Waals surface area contributed by atoms with Gasteiger partial charge in [-0.25, -0.2) is 9.78 Å². The van der Waals surface area contributed by atoms with E-state index in [0.29, 0.717) is 12.4 Å². The molecule has 24 heavy (non-hydrogen) atoms. The molecule has 134 valence electrons. The lowest BCUT2D eigenvalue weighted by Gasteiger charge is -2.08. The molecule has 0 saturated heterocycles. The Morgan fingerprint density at radius 3 is 2.67 bits per heavy atom. The number of methoxy groups -OCH3 is 1. The van der Waals surface area contributed by atoms with Crippen molar-refractivity contribution in [1.82, 2.24) is 10.3 Å². The van der Waals surface area contributed by atoms with Crippen molar-refractivity contribution in [2.75, 3.05) is 20.3 Å². The SMILES string of the molecule is CCCCCCCCOC(=O)CNC(=O)Oc1ncccc1OC. The van der Waals surface area contributed by atoms with Gasteiger partial charge in [0, 0.05) is 6.20 Å². The van der Waals surface area contributed by atoms with Crippen LogP contribution in [0.15, 0.2) is 18.3 Å². The Bertz CT molecular complexity index is 508. The Labute approximate surface area is 142 Å². The summed E-state index contributed by atoms with van der Waals surface area (Å²) in [5.41, 5.74) is 0. The van der Waals surface area contributed by atoms with Crippen LogP contribution >= 0.6 is 0 Å². The molecule has 1 amide bonds. The molecule has 1 aromatic heterocycles. The summed E-state index contributed by atoms with van der Waals surface area (Å²) in [5, 5.41) is 2.32. The first kappa shape index (κ1) is 19.7. The third-order valence-electron chi connectivity index (χ3n) is 3.28. The molecular weight excluding hydrogens is 312 g/mol. The quantitative estimate of drug-likeness (QED) is 0.493. The van der Waals surface area contributed by atoms with Gasteiger partial charge in [-0.15, -0.1) is 0 Å². The van der Waals surface area contributed by atoms with Gasteiger partial charge in [-0.1, -0.05) is 39.0 Å². The number of aromatic nitrogens is 1. The molecule has 1 rings (SSSR count). The average molecular weight is 338 g/mol. The van der Waals surface area contributed by atoms with Crippen LogP contribution in [0.5, 0.6) is 11.6 Å². The van der Waals surface area contributed by atoms with Gasteiger partial charge in [-0.05, 0) is 18.6 Å². The van der Waals surface area contributed by atoms with Crippen LogP contribution < -0.4 is 14.8 Å². The molecule has 0 aliphatic heterocycles. The fourth-order valence-electron chi connectivity index (χ4n) is 2.00. The highest BCUT2D eigenvalue weighted by atomic mass is 16.6. The molecule has 0 aromatic carbocycles. The predicted molar refractivity (Wildman–Crippen MR) is 89.2 cm³/mol. The maximum atomic E-state index is 11.6. The lowest BCUT2D eigenvalue weighted by molar-refractivity contribution is -0.142. The Kier molecular flexibility index (Phi) is 9.99. The van der Waals surface area contributed by atoms with Gasteiger partial charge in [0.15, 0.2) is 5.75 Å². The number of hydrogen-bond donors (Lipinski definition) is 1. The van der Waals surface area contributed by atoms with E-state index in [-0.39, 0.29) is 12.4 Å². The number of amides is 1. The fraction of sp³-hybridized carbons (Fsp3) is 0.588. The largest absolute Gasteiger partial charge is 0.491 e. The zero-order valence-electron chi connectivity index (χ0n) is 14.4. The number of esters is 1. The van der Waals surface area contributed by atoms with E-state index in [1.807, 2.05) is 0 Å². The number of carbonyl (C=O) groups is 2. The van der Waals surface area contributed by atoms with Crippen molar-refractivity contribution in [2.45, 2.75) is 45.4 Å². The van der Waals surface area contributed by atoms with Crippen molar-refractivity contribution in [3.05, 3.63) is 18.3 Å². The highest BCUT2D eigenvalue weighted by molar-refractivity contribution is 5.78. The summed E-state index contributed by atoms with van der Waals surface area (Å²) in [4.78, 5) is 27.0. The van der Waals surface area contributed by atoms with Crippen LogP contribution in [0.3, 0.4) is 0 Å². The van der Waals surface area contributed by atoms with E-state index in [1.165, 1.54) is 32.6 Å². The maximum absolute atomic E-state index is 11.6. The normalized spacial score (nSPS) is 10.1. The summed E-state index contributed by atoms with van der Waals surface area (Å²) in [6.45, 7) is 2.29. The Morgan fingerprint density at radius 1 is 1.17 bits per heavy atom. The van der Waals surface area contributed by atoms with Gasteiger partial charge in [-0.3, -0.25) is 4.79 Å². The molecule has 1 N–H and O–H groups in total. The zero-order chi connectivity index (χ0) is 17.6. The molecule has 1 heterocycles. The molecule has 0 radical (unpaired) electrons. The molecule has 0 aliphatic carbocycles. The average Bonchev–Trinajstić information content (AvgIpc) is 2.59. The van der Waals surface area contributed by atoms with Crippen LogP contribution in [-0.4, -0.2) is 37.3 Å². The Balaban J connectivity index is 2.14. The number of carbonyl (C=O) groups excluding carboxylic acids is 2. The van der Waals surface area contributed by atoms with Gasteiger partial charge in [-0.2, -0.15) is 0 Å². The fourth-order valence-corrected chi connectivity index (χ4v) is 2.00. The number of hydrogen-bond acceptors (Lipinski definition) is 6. The van der Waals surface area contributed by atoms with Crippen LogP contribution in [0.1, 0.15) is 45.4 Å². The topological polar surface area (TPSA) is 86.8 Å². The van der Waals surface area contributed by atoms with Crippen molar-refractivity contribution < 1.29 is 23.8 Å². The minimum atomic E-state index is -0.788. The van der Waals surface area contributed by atoms with Crippen LogP contribution in [0.25, 0.3) is 0 Å². The first-order valence-corrected chi connectivity index (χ1v) is 8.27. The number of unbranched alkanes of at least 4 members (excludes halogenated alkanes) is 5. The lowest BCUT2D eigenvalue weighted by atomic mass is 10.1. The summed E-state index contributed by atoms with van der Waals surface area (Å²) >= 11 is 0. The van der Waals surface area contributed by atoms with Crippen molar-refractivity contribution >= 4 is 12.1 Å². The molecule has 0 bridgehead atoms. The van der Waals surface area contributed by atoms with Crippen molar-refractivity contribution in [2.24, 2.45) is 0 Å². The molecule has 1 aromatic rings. The highest BCUT2D eigenvalue weighted by Gasteiger charge is 2.12. The minimum absolute atomic E-state index is 0.0398. The smallest absolute Gasteiger partial charge is 0.414 e. The first-order valence-electron chi connectivity index (χ1n) is 8.27. The molecule has 0 aliphatic rings. The Hall–Kier alpha value is -2.31. The number of nitrogens with one attached hydrogen (secondary N) is 1. The van der Waals surface area contributed by atoms with E-state index < -0.39 is 12.1 Å². The van der Waals surface area contributed by atoms with Crippen LogP contribution in [0.2, 0.25) is 0 Å². The first-order chi connectivity index (χ1) is 11.7. The summed E-state index contributed by atoms with van der Waals surface area (Å²) in [6, 6.07) is 3.27. The van der Waals surface area contributed by atoms with Crippen LogP contribution in [0, 0.1) is 0 Å². The second-order valence-corrected chi connectivity index (χ2v) is 5.24. The van der Waals surface area contributed by atoms with E-state index in [1.54, 1.807) is 12.1 Å². The van der Waals surface area contributed by atoms with E-state index in [4.69, 9.17) is 14.2 Å².